The number of hydrogen-bond acceptors (Lipinski definition) is 5. The fourth-order valence-electron chi connectivity index (χ4n) is 5.05. The molecule has 9 nitrogen and oxygen atoms in total. The summed E-state index contributed by atoms with van der Waals surface area (Å²) in [5, 5.41) is 11.8. The molecule has 38 heavy (non-hydrogen) atoms. The molecule has 0 bridgehead atoms. The van der Waals surface area contributed by atoms with Crippen molar-refractivity contribution >= 4 is 28.7 Å². The number of carbonyl (C=O) groups is 3. The highest BCUT2D eigenvalue weighted by atomic mass is 16.4. The SMILES string of the molecule is CCCCCC(=O)N(N)C(Cc1cn(C2CCCCC2)c2ccccc12)C(=O)O.CCCCCC(=O)NN. The van der Waals surface area contributed by atoms with Gasteiger partial charge in [0.15, 0.2) is 0 Å². The topological polar surface area (TPSA) is 144 Å². The Morgan fingerprint density at radius 2 is 1.66 bits per heavy atom. The summed E-state index contributed by atoms with van der Waals surface area (Å²) in [6.45, 7) is 4.16. The Hall–Kier alpha value is -2.91. The van der Waals surface area contributed by atoms with Crippen molar-refractivity contribution in [2.24, 2.45) is 11.7 Å². The van der Waals surface area contributed by atoms with Crippen molar-refractivity contribution in [1.82, 2.24) is 15.0 Å². The lowest BCUT2D eigenvalue weighted by molar-refractivity contribution is -0.150. The van der Waals surface area contributed by atoms with Gasteiger partial charge in [-0.15, -0.1) is 0 Å². The number of carboxylic acid groups (broad SMARTS) is 1. The Bertz CT molecular complexity index is 1020. The number of nitrogens with two attached hydrogens (primary N) is 2. The van der Waals surface area contributed by atoms with Gasteiger partial charge in [0, 0.05) is 42.4 Å². The highest BCUT2D eigenvalue weighted by molar-refractivity contribution is 5.87. The number of amides is 2. The lowest BCUT2D eigenvalue weighted by atomic mass is 9.95. The van der Waals surface area contributed by atoms with Crippen molar-refractivity contribution in [2.75, 3.05) is 0 Å². The van der Waals surface area contributed by atoms with Gasteiger partial charge in [0.1, 0.15) is 6.04 Å². The van der Waals surface area contributed by atoms with E-state index in [-0.39, 0.29) is 24.7 Å². The van der Waals surface area contributed by atoms with Crippen molar-refractivity contribution in [2.45, 2.75) is 116 Å². The monoisotopic (exact) mass is 529 g/mol. The van der Waals surface area contributed by atoms with Crippen LogP contribution in [0.15, 0.2) is 30.5 Å². The minimum absolute atomic E-state index is 0.0662. The summed E-state index contributed by atoms with van der Waals surface area (Å²) in [6, 6.07) is 7.52. The van der Waals surface area contributed by atoms with Crippen LogP contribution in [0.3, 0.4) is 0 Å². The number of benzene rings is 1. The molecule has 1 heterocycles. The van der Waals surface area contributed by atoms with Crippen LogP contribution in [0.2, 0.25) is 0 Å². The first-order valence-electron chi connectivity index (χ1n) is 14.2. The number of rotatable bonds is 13. The lowest BCUT2D eigenvalue weighted by Gasteiger charge is -2.25. The molecular formula is C29H47N5O4. The molecule has 0 spiro atoms. The minimum atomic E-state index is -1.06. The van der Waals surface area contributed by atoms with E-state index in [1.54, 1.807) is 0 Å². The number of nitrogens with one attached hydrogen (secondary N) is 1. The molecule has 1 aromatic heterocycles. The number of para-hydroxylation sites is 1. The number of fused-ring (bicyclic) bond motifs is 1. The zero-order chi connectivity index (χ0) is 27.9. The molecule has 1 aromatic carbocycles. The molecule has 212 valence electrons. The van der Waals surface area contributed by atoms with Gasteiger partial charge in [-0.1, -0.05) is 77.0 Å². The molecule has 0 radical (unpaired) electrons. The number of nitrogens with zero attached hydrogens (tertiary/aromatic N) is 2. The van der Waals surface area contributed by atoms with Gasteiger partial charge < -0.3 is 9.67 Å². The van der Waals surface area contributed by atoms with Crippen molar-refractivity contribution in [3.8, 4) is 0 Å². The van der Waals surface area contributed by atoms with E-state index in [1.807, 2.05) is 18.2 Å². The number of unbranched alkanes of at least 4 members (excludes halogenated alkanes) is 4. The second kappa shape index (κ2) is 16.8. The third-order valence-electron chi connectivity index (χ3n) is 7.28. The first-order valence-corrected chi connectivity index (χ1v) is 14.2. The molecule has 1 fully saturated rings. The molecule has 1 atom stereocenters. The van der Waals surface area contributed by atoms with E-state index in [1.165, 1.54) is 19.3 Å². The van der Waals surface area contributed by atoms with Crippen LogP contribution in [-0.4, -0.2) is 38.5 Å². The molecule has 1 saturated carbocycles. The maximum absolute atomic E-state index is 12.4. The van der Waals surface area contributed by atoms with Crippen LogP contribution < -0.4 is 17.1 Å². The summed E-state index contributed by atoms with van der Waals surface area (Å²) in [6.07, 6.45) is 15.1. The molecule has 2 amide bonds. The zero-order valence-corrected chi connectivity index (χ0v) is 23.2. The predicted octanol–water partition coefficient (Wildman–Crippen LogP) is 4.98. The summed E-state index contributed by atoms with van der Waals surface area (Å²) >= 11 is 0. The quantitative estimate of drug-likeness (QED) is 0.125. The Morgan fingerprint density at radius 3 is 2.26 bits per heavy atom. The molecule has 3 rings (SSSR count). The predicted molar refractivity (Wildman–Crippen MR) is 151 cm³/mol. The Labute approximate surface area is 226 Å². The third kappa shape index (κ3) is 9.44. The van der Waals surface area contributed by atoms with Gasteiger partial charge >= 0.3 is 5.97 Å². The number of aromatic nitrogens is 1. The first kappa shape index (κ1) is 31.3. The van der Waals surface area contributed by atoms with Crippen molar-refractivity contribution in [3.05, 3.63) is 36.0 Å². The molecular weight excluding hydrogens is 482 g/mol. The van der Waals surface area contributed by atoms with Crippen LogP contribution in [-0.2, 0) is 20.8 Å². The van der Waals surface area contributed by atoms with Gasteiger partial charge in [0.2, 0.25) is 11.8 Å². The zero-order valence-electron chi connectivity index (χ0n) is 23.2. The van der Waals surface area contributed by atoms with Crippen LogP contribution in [0, 0.1) is 0 Å². The Balaban J connectivity index is 0.000000484. The van der Waals surface area contributed by atoms with Crippen LogP contribution in [0.1, 0.15) is 109 Å². The minimum Gasteiger partial charge on any atom is -0.480 e. The summed E-state index contributed by atoms with van der Waals surface area (Å²) in [4.78, 5) is 34.8. The highest BCUT2D eigenvalue weighted by Gasteiger charge is 2.29. The first-order chi connectivity index (χ1) is 18.3. The van der Waals surface area contributed by atoms with Gasteiger partial charge in [0.25, 0.3) is 0 Å². The largest absolute Gasteiger partial charge is 0.480 e. The molecule has 1 aliphatic carbocycles. The number of hydrogen-bond donors (Lipinski definition) is 4. The van der Waals surface area contributed by atoms with Crippen LogP contribution in [0.5, 0.6) is 0 Å². The fourth-order valence-corrected chi connectivity index (χ4v) is 5.05. The average molecular weight is 530 g/mol. The maximum Gasteiger partial charge on any atom is 0.328 e. The number of carbonyl (C=O) groups excluding carboxylic acids is 2. The van der Waals surface area contributed by atoms with E-state index in [0.29, 0.717) is 12.5 Å². The standard InChI is InChI=1S/C23H33N3O3.C6H14N2O/c1-2-3-5-14-22(27)26(24)21(23(28)29)15-17-16-25(18-10-6-4-7-11-18)20-13-9-8-12-19(17)20;1-2-3-4-5-6(9)8-7/h8-9,12-13,16,18,21H,2-7,10-11,14-15,24H2,1H3,(H,28,29);2-5,7H2,1H3,(H,8,9). The summed E-state index contributed by atoms with van der Waals surface area (Å²) < 4.78 is 2.31. The number of hydrazine groups is 2. The molecule has 2 aromatic rings. The average Bonchev–Trinajstić information content (AvgIpc) is 3.30. The summed E-state index contributed by atoms with van der Waals surface area (Å²) in [7, 11) is 0. The second-order valence-electron chi connectivity index (χ2n) is 10.2. The second-order valence-corrected chi connectivity index (χ2v) is 10.2. The maximum atomic E-state index is 12.4. The van der Waals surface area contributed by atoms with Gasteiger partial charge in [-0.25, -0.2) is 16.5 Å². The fraction of sp³-hybridized carbons (Fsp3) is 0.621. The number of carboxylic acids is 1. The molecule has 0 saturated heterocycles. The molecule has 6 N–H and O–H groups in total. The van der Waals surface area contributed by atoms with E-state index in [4.69, 9.17) is 11.7 Å². The number of aliphatic carboxylic acids is 1. The van der Waals surface area contributed by atoms with E-state index < -0.39 is 12.0 Å². The smallest absolute Gasteiger partial charge is 0.328 e. The molecule has 1 unspecified atom stereocenters. The summed E-state index contributed by atoms with van der Waals surface area (Å²) in [5.74, 6) is 9.40. The molecule has 1 aliphatic rings. The Morgan fingerprint density at radius 1 is 1.03 bits per heavy atom. The van der Waals surface area contributed by atoms with E-state index in [9.17, 15) is 19.5 Å². The van der Waals surface area contributed by atoms with Crippen LogP contribution in [0.25, 0.3) is 10.9 Å². The van der Waals surface area contributed by atoms with Crippen LogP contribution in [0.4, 0.5) is 0 Å². The lowest BCUT2D eigenvalue weighted by Crippen LogP contribution is -2.50. The van der Waals surface area contributed by atoms with Crippen molar-refractivity contribution < 1.29 is 19.5 Å². The highest BCUT2D eigenvalue weighted by Crippen LogP contribution is 2.33. The normalized spacial score (nSPS) is 14.4. The molecule has 0 aliphatic heterocycles. The van der Waals surface area contributed by atoms with E-state index in [2.05, 4.69) is 36.1 Å². The van der Waals surface area contributed by atoms with Gasteiger partial charge in [-0.05, 0) is 37.3 Å². The van der Waals surface area contributed by atoms with Gasteiger partial charge in [-0.2, -0.15) is 0 Å². The van der Waals surface area contributed by atoms with Gasteiger partial charge in [0.05, 0.1) is 0 Å². The van der Waals surface area contributed by atoms with Crippen molar-refractivity contribution in [1.29, 1.82) is 0 Å². The Kier molecular flexibility index (Phi) is 13.9. The van der Waals surface area contributed by atoms with Crippen molar-refractivity contribution in [3.63, 3.8) is 0 Å². The van der Waals surface area contributed by atoms with Crippen LogP contribution >= 0.6 is 0 Å². The van der Waals surface area contributed by atoms with Gasteiger partial charge in [-0.3, -0.25) is 20.0 Å². The third-order valence-corrected chi connectivity index (χ3v) is 7.28. The van der Waals surface area contributed by atoms with E-state index in [0.717, 1.165) is 72.8 Å². The van der Waals surface area contributed by atoms with E-state index >= 15 is 0 Å². The summed E-state index contributed by atoms with van der Waals surface area (Å²) in [5.41, 5.74) is 4.16. The molecule has 9 heteroatoms.